The van der Waals surface area contributed by atoms with Gasteiger partial charge in [-0.1, -0.05) is 11.6 Å². The number of ether oxygens (including phenoxy) is 2. The zero-order valence-electron chi connectivity index (χ0n) is 17.6. The smallest absolute Gasteiger partial charge is 0.229 e. The number of carbonyl (C=O) groups excluding carboxylic acids is 1. The summed E-state index contributed by atoms with van der Waals surface area (Å²) in [5.74, 6) is 0.607. The highest BCUT2D eigenvalue weighted by Crippen LogP contribution is 2.38. The second-order valence-electron chi connectivity index (χ2n) is 7.17. The van der Waals surface area contributed by atoms with Crippen molar-refractivity contribution < 1.29 is 39.8 Å². The average Bonchev–Trinajstić information content (AvgIpc) is 3.38. The molecule has 10 nitrogen and oxygen atoms in total. The SMILES string of the molecule is CN1CCCC1=O.CO.OC[C@H]1O[C@@H](Oc2c[nH]c3ccc(Br)c(Cl)c23)[C@H](O)[C@@H](O)[C@H]1O. The fraction of sp³-hybridized carbons (Fsp3) is 0.550. The standard InChI is InChI=1S/C14H15BrClNO6.C5H9NO.CH4O/c15-5-1-2-6-9(10(5)16)7(3-17-6)22-14-13(21)12(20)11(19)8(4-18)23-14;1-6-4-2-3-5(6)7;1-2/h1-3,8,11-14,17-21H,4H2;2-4H2,1H3;2H,1H3/t8-,11+,12+,13-,14-;;/m1../s1. The Balaban J connectivity index is 0.000000340. The third kappa shape index (κ3) is 5.91. The van der Waals surface area contributed by atoms with E-state index in [-0.39, 0.29) is 0 Å². The van der Waals surface area contributed by atoms with E-state index in [4.69, 9.17) is 26.2 Å². The zero-order chi connectivity index (χ0) is 24.0. The van der Waals surface area contributed by atoms with Crippen molar-refractivity contribution in [3.63, 3.8) is 0 Å². The molecule has 2 aromatic rings. The van der Waals surface area contributed by atoms with Gasteiger partial charge < -0.3 is 44.9 Å². The van der Waals surface area contributed by atoms with Crippen molar-refractivity contribution in [3.05, 3.63) is 27.8 Å². The van der Waals surface area contributed by atoms with E-state index in [0.29, 0.717) is 26.5 Å². The Morgan fingerprint density at radius 3 is 2.47 bits per heavy atom. The summed E-state index contributed by atoms with van der Waals surface area (Å²) >= 11 is 9.58. The molecular weight excluding hydrogens is 512 g/mol. The van der Waals surface area contributed by atoms with Gasteiger partial charge in [0, 0.05) is 37.8 Å². The maximum atomic E-state index is 10.5. The van der Waals surface area contributed by atoms with Crippen molar-refractivity contribution in [2.24, 2.45) is 0 Å². The number of aromatic nitrogens is 1. The molecule has 1 amide bonds. The molecule has 0 saturated carbocycles. The maximum Gasteiger partial charge on any atom is 0.229 e. The van der Waals surface area contributed by atoms with Crippen molar-refractivity contribution >= 4 is 44.3 Å². The third-order valence-electron chi connectivity index (χ3n) is 5.10. The van der Waals surface area contributed by atoms with E-state index < -0.39 is 37.3 Å². The van der Waals surface area contributed by atoms with Crippen LogP contribution < -0.4 is 4.74 Å². The van der Waals surface area contributed by atoms with Gasteiger partial charge in [0.15, 0.2) is 0 Å². The molecule has 4 rings (SSSR count). The molecule has 5 atom stereocenters. The lowest BCUT2D eigenvalue weighted by Crippen LogP contribution is -2.60. The molecule has 0 aliphatic carbocycles. The number of H-pyrrole nitrogens is 1. The lowest BCUT2D eigenvalue weighted by molar-refractivity contribution is -0.277. The summed E-state index contributed by atoms with van der Waals surface area (Å²) in [5.41, 5.74) is 0.720. The van der Waals surface area contributed by atoms with Gasteiger partial charge in [-0.05, 0) is 34.5 Å². The van der Waals surface area contributed by atoms with E-state index in [2.05, 4.69) is 20.9 Å². The highest BCUT2D eigenvalue weighted by molar-refractivity contribution is 9.10. The van der Waals surface area contributed by atoms with E-state index in [0.717, 1.165) is 32.0 Å². The Hall–Kier alpha value is -1.44. The predicted molar refractivity (Wildman–Crippen MR) is 120 cm³/mol. The van der Waals surface area contributed by atoms with Gasteiger partial charge in [-0.2, -0.15) is 0 Å². The number of carbonyl (C=O) groups is 1. The molecule has 180 valence electrons. The number of aromatic amines is 1. The molecule has 2 fully saturated rings. The number of fused-ring (bicyclic) bond motifs is 1. The predicted octanol–water partition coefficient (Wildman–Crippen LogP) is 0.610. The number of rotatable bonds is 3. The van der Waals surface area contributed by atoms with Gasteiger partial charge in [0.25, 0.3) is 0 Å². The summed E-state index contributed by atoms with van der Waals surface area (Å²) in [6, 6.07) is 3.57. The summed E-state index contributed by atoms with van der Waals surface area (Å²) in [6.45, 7) is 0.434. The molecule has 0 bridgehead atoms. The highest BCUT2D eigenvalue weighted by atomic mass is 79.9. The Morgan fingerprint density at radius 2 is 1.94 bits per heavy atom. The van der Waals surface area contributed by atoms with Crippen LogP contribution in [0.15, 0.2) is 22.8 Å². The molecule has 6 N–H and O–H groups in total. The number of nitrogens with one attached hydrogen (secondary N) is 1. The summed E-state index contributed by atoms with van der Waals surface area (Å²) in [7, 11) is 2.84. The second-order valence-corrected chi connectivity index (χ2v) is 8.40. The van der Waals surface area contributed by atoms with Crippen molar-refractivity contribution in [1.82, 2.24) is 9.88 Å². The Bertz CT molecular complexity index is 896. The minimum atomic E-state index is -1.50. The lowest BCUT2D eigenvalue weighted by Gasteiger charge is -2.39. The first kappa shape index (κ1) is 26.8. The summed E-state index contributed by atoms with van der Waals surface area (Å²) in [6.07, 6.45) is -3.36. The number of benzene rings is 1. The van der Waals surface area contributed by atoms with Crippen LogP contribution in [0.4, 0.5) is 0 Å². The molecule has 1 aromatic carbocycles. The Kier molecular flexibility index (Phi) is 10.2. The summed E-state index contributed by atoms with van der Waals surface area (Å²) in [4.78, 5) is 15.2. The quantitative estimate of drug-likeness (QED) is 0.331. The van der Waals surface area contributed by atoms with Crippen LogP contribution in [0, 0.1) is 0 Å². The molecule has 2 aliphatic rings. The molecule has 0 radical (unpaired) electrons. The van der Waals surface area contributed by atoms with Gasteiger partial charge in [-0.15, -0.1) is 0 Å². The fourth-order valence-corrected chi connectivity index (χ4v) is 3.88. The number of halogens is 2. The molecule has 2 saturated heterocycles. The fourth-order valence-electron chi connectivity index (χ4n) is 3.29. The van der Waals surface area contributed by atoms with Crippen LogP contribution >= 0.6 is 27.5 Å². The van der Waals surface area contributed by atoms with E-state index in [9.17, 15) is 25.2 Å². The normalized spacial score (nSPS) is 27.5. The number of amides is 1. The molecule has 1 aromatic heterocycles. The van der Waals surface area contributed by atoms with Crippen molar-refractivity contribution in [2.45, 2.75) is 43.5 Å². The van der Waals surface area contributed by atoms with E-state index in [1.165, 1.54) is 0 Å². The molecule has 32 heavy (non-hydrogen) atoms. The molecule has 0 spiro atoms. The largest absolute Gasteiger partial charge is 0.460 e. The van der Waals surface area contributed by atoms with Gasteiger partial charge in [0.05, 0.1) is 22.5 Å². The van der Waals surface area contributed by atoms with Gasteiger partial charge in [-0.25, -0.2) is 0 Å². The molecule has 3 heterocycles. The topological polar surface area (TPSA) is 156 Å². The monoisotopic (exact) mass is 538 g/mol. The van der Waals surface area contributed by atoms with Gasteiger partial charge >= 0.3 is 0 Å². The Labute approximate surface area is 198 Å². The van der Waals surface area contributed by atoms with Crippen LogP contribution in [-0.4, -0.2) is 99.3 Å². The zero-order valence-corrected chi connectivity index (χ0v) is 20.0. The van der Waals surface area contributed by atoms with Crippen molar-refractivity contribution in [3.8, 4) is 5.75 Å². The summed E-state index contributed by atoms with van der Waals surface area (Å²) in [5, 5.41) is 46.8. The Morgan fingerprint density at radius 1 is 1.25 bits per heavy atom. The molecule has 2 aliphatic heterocycles. The average molecular weight is 540 g/mol. The second kappa shape index (κ2) is 12.1. The first-order chi connectivity index (χ1) is 15.2. The molecule has 12 heteroatoms. The number of aliphatic hydroxyl groups is 5. The summed E-state index contributed by atoms with van der Waals surface area (Å²) < 4.78 is 11.6. The lowest BCUT2D eigenvalue weighted by atomic mass is 9.99. The number of likely N-dealkylation sites (tertiary alicyclic amines) is 1. The number of nitrogens with zero attached hydrogens (tertiary/aromatic N) is 1. The number of hydrogen-bond acceptors (Lipinski definition) is 8. The number of aliphatic hydroxyl groups excluding tert-OH is 5. The first-order valence-electron chi connectivity index (χ1n) is 9.85. The van der Waals surface area contributed by atoms with Gasteiger partial charge in [0.1, 0.15) is 30.2 Å². The van der Waals surface area contributed by atoms with Crippen LogP contribution in [-0.2, 0) is 9.53 Å². The minimum absolute atomic E-state index is 0.292. The van der Waals surface area contributed by atoms with Gasteiger partial charge in [0.2, 0.25) is 12.2 Å². The highest BCUT2D eigenvalue weighted by Gasteiger charge is 2.45. The minimum Gasteiger partial charge on any atom is -0.460 e. The first-order valence-corrected chi connectivity index (χ1v) is 11.0. The van der Waals surface area contributed by atoms with Crippen molar-refractivity contribution in [1.29, 1.82) is 0 Å². The van der Waals surface area contributed by atoms with Crippen molar-refractivity contribution in [2.75, 3.05) is 27.3 Å². The molecular formula is C20H28BrClN2O8. The molecule has 0 unspecified atom stereocenters. The van der Waals surface area contributed by atoms with Crippen LogP contribution in [0.25, 0.3) is 10.9 Å². The van der Waals surface area contributed by atoms with E-state index in [1.54, 1.807) is 23.2 Å². The maximum absolute atomic E-state index is 10.5. The van der Waals surface area contributed by atoms with E-state index in [1.807, 2.05) is 7.05 Å². The van der Waals surface area contributed by atoms with Crippen LogP contribution in [0.2, 0.25) is 5.02 Å². The number of hydrogen-bond donors (Lipinski definition) is 6. The van der Waals surface area contributed by atoms with Crippen LogP contribution in [0.3, 0.4) is 0 Å². The van der Waals surface area contributed by atoms with Gasteiger partial charge in [-0.3, -0.25) is 4.79 Å². The van der Waals surface area contributed by atoms with E-state index >= 15 is 0 Å². The third-order valence-corrected chi connectivity index (χ3v) is 6.38. The van der Waals surface area contributed by atoms with Crippen LogP contribution in [0.5, 0.6) is 5.75 Å². The van der Waals surface area contributed by atoms with Crippen LogP contribution in [0.1, 0.15) is 12.8 Å².